The van der Waals surface area contributed by atoms with Gasteiger partial charge in [0.1, 0.15) is 19.3 Å². The van der Waals surface area contributed by atoms with Crippen molar-refractivity contribution in [3.8, 4) is 11.5 Å². The van der Waals surface area contributed by atoms with Gasteiger partial charge in [0, 0.05) is 23.3 Å². The summed E-state index contributed by atoms with van der Waals surface area (Å²) in [6.45, 7) is 2.84. The highest BCUT2D eigenvalue weighted by Gasteiger charge is 2.30. The Morgan fingerprint density at radius 1 is 1.14 bits per heavy atom. The minimum absolute atomic E-state index is 0.359. The smallest absolute Gasteiger partial charge is 0.243 e. The van der Waals surface area contributed by atoms with Crippen LogP contribution in [0, 0.1) is 0 Å². The number of thioether (sulfide) groups is 1. The highest BCUT2D eigenvalue weighted by Crippen LogP contribution is 2.35. The second-order valence-corrected chi connectivity index (χ2v) is 9.54. The van der Waals surface area contributed by atoms with Crippen LogP contribution in [-0.2, 0) is 14.8 Å². The number of carbonyl (C=O) groups is 1. The molecule has 29 heavy (non-hydrogen) atoms. The summed E-state index contributed by atoms with van der Waals surface area (Å²) in [7, 11) is -3.69. The van der Waals surface area contributed by atoms with E-state index >= 15 is 0 Å². The average molecular weight is 437 g/mol. The van der Waals surface area contributed by atoms with Crippen molar-refractivity contribution in [2.75, 3.05) is 36.1 Å². The fraction of sp³-hybridized carbons (Fsp3) is 0.350. The van der Waals surface area contributed by atoms with Crippen molar-refractivity contribution in [3.63, 3.8) is 0 Å². The van der Waals surface area contributed by atoms with Gasteiger partial charge in [-0.05, 0) is 31.2 Å². The summed E-state index contributed by atoms with van der Waals surface area (Å²) in [5, 5.41) is 2.82. The van der Waals surface area contributed by atoms with E-state index < -0.39 is 16.1 Å². The molecule has 1 amide bonds. The molecular weight excluding hydrogens is 412 g/mol. The Morgan fingerprint density at radius 2 is 1.83 bits per heavy atom. The first-order chi connectivity index (χ1) is 13.9. The molecule has 156 valence electrons. The molecule has 0 bridgehead atoms. The highest BCUT2D eigenvalue weighted by atomic mass is 32.2. The second kappa shape index (κ2) is 9.41. The van der Waals surface area contributed by atoms with E-state index in [-0.39, 0.29) is 5.91 Å². The van der Waals surface area contributed by atoms with Crippen LogP contribution in [0.1, 0.15) is 6.92 Å². The number of hydrogen-bond donors (Lipinski definition) is 1. The molecule has 1 aliphatic rings. The zero-order valence-corrected chi connectivity index (χ0v) is 18.0. The minimum atomic E-state index is -3.69. The van der Waals surface area contributed by atoms with Gasteiger partial charge in [0.2, 0.25) is 15.9 Å². The van der Waals surface area contributed by atoms with Crippen LogP contribution in [0.3, 0.4) is 0 Å². The molecule has 1 N–H and O–H groups in total. The molecule has 0 spiro atoms. The number of nitrogens with zero attached hydrogens (tertiary/aromatic N) is 1. The predicted molar refractivity (Wildman–Crippen MR) is 114 cm³/mol. The third-order valence-corrected chi connectivity index (χ3v) is 6.54. The molecule has 0 aromatic heterocycles. The Bertz CT molecular complexity index is 951. The summed E-state index contributed by atoms with van der Waals surface area (Å²) in [5.74, 6) is 1.35. The molecule has 2 aromatic carbocycles. The first-order valence-corrected chi connectivity index (χ1v) is 12.0. The van der Waals surface area contributed by atoms with Gasteiger partial charge >= 0.3 is 0 Å². The lowest BCUT2D eigenvalue weighted by Gasteiger charge is -2.29. The van der Waals surface area contributed by atoms with E-state index in [1.165, 1.54) is 0 Å². The number of sulfonamides is 1. The molecule has 1 heterocycles. The van der Waals surface area contributed by atoms with E-state index in [2.05, 4.69) is 5.32 Å². The maximum atomic E-state index is 12.6. The molecule has 3 rings (SSSR count). The van der Waals surface area contributed by atoms with E-state index in [1.54, 1.807) is 36.9 Å². The van der Waals surface area contributed by atoms with E-state index in [1.807, 2.05) is 30.3 Å². The number of rotatable bonds is 8. The quantitative estimate of drug-likeness (QED) is 0.506. The van der Waals surface area contributed by atoms with Crippen LogP contribution in [0.25, 0.3) is 0 Å². The molecular formula is C20H24N2O5S2. The van der Waals surface area contributed by atoms with Crippen LogP contribution >= 0.6 is 11.8 Å². The first kappa shape index (κ1) is 21.3. The lowest BCUT2D eigenvalue weighted by Crippen LogP contribution is -2.48. The number of amides is 1. The third-order valence-electron chi connectivity index (χ3n) is 4.28. The maximum absolute atomic E-state index is 12.6. The number of carbonyl (C=O) groups excluding carboxylic acids is 1. The van der Waals surface area contributed by atoms with Crippen LogP contribution in [0.15, 0.2) is 53.4 Å². The number of hydrogen-bond acceptors (Lipinski definition) is 6. The van der Waals surface area contributed by atoms with Crippen molar-refractivity contribution in [1.29, 1.82) is 0 Å². The van der Waals surface area contributed by atoms with Gasteiger partial charge in [-0.2, -0.15) is 0 Å². The number of fused-ring (bicyclic) bond motifs is 1. The van der Waals surface area contributed by atoms with Crippen molar-refractivity contribution < 1.29 is 22.7 Å². The summed E-state index contributed by atoms with van der Waals surface area (Å²) in [5.41, 5.74) is 0.359. The Morgan fingerprint density at radius 3 is 2.52 bits per heavy atom. The van der Waals surface area contributed by atoms with Crippen LogP contribution in [-0.4, -0.2) is 52.1 Å². The van der Waals surface area contributed by atoms with Crippen molar-refractivity contribution >= 4 is 33.4 Å². The summed E-state index contributed by atoms with van der Waals surface area (Å²) < 4.78 is 37.0. The molecule has 0 fully saturated rings. The number of nitrogens with one attached hydrogen (secondary N) is 1. The van der Waals surface area contributed by atoms with Crippen LogP contribution in [0.2, 0.25) is 0 Å². The van der Waals surface area contributed by atoms with Gasteiger partial charge in [-0.3, -0.25) is 9.10 Å². The molecule has 1 atom stereocenters. The Labute approximate surface area is 175 Å². The Hall–Kier alpha value is -2.39. The maximum Gasteiger partial charge on any atom is 0.243 e. The lowest BCUT2D eigenvalue weighted by molar-refractivity contribution is -0.121. The fourth-order valence-electron chi connectivity index (χ4n) is 2.99. The van der Waals surface area contributed by atoms with Gasteiger partial charge in [-0.1, -0.05) is 18.2 Å². The Balaban J connectivity index is 1.66. The summed E-state index contributed by atoms with van der Waals surface area (Å²) in [4.78, 5) is 13.7. The normalized spacial score (nSPS) is 14.1. The van der Waals surface area contributed by atoms with E-state index in [0.29, 0.717) is 42.7 Å². The predicted octanol–water partition coefficient (Wildman–Crippen LogP) is 2.52. The SMILES string of the molecule is C[C@H](C(=O)NCCSc1ccccc1)N(c1ccc2c(c1)OCCO2)S(C)(=O)=O. The van der Waals surface area contributed by atoms with Gasteiger partial charge in [-0.15, -0.1) is 11.8 Å². The lowest BCUT2D eigenvalue weighted by atomic mass is 10.2. The van der Waals surface area contributed by atoms with Gasteiger partial charge in [0.25, 0.3) is 0 Å². The van der Waals surface area contributed by atoms with E-state index in [4.69, 9.17) is 9.47 Å². The second-order valence-electron chi connectivity index (χ2n) is 6.52. The summed E-state index contributed by atoms with van der Waals surface area (Å²) in [6, 6.07) is 13.8. The van der Waals surface area contributed by atoms with E-state index in [9.17, 15) is 13.2 Å². The molecule has 0 aliphatic carbocycles. The number of ether oxygens (including phenoxy) is 2. The van der Waals surface area contributed by atoms with Gasteiger partial charge in [-0.25, -0.2) is 8.42 Å². The molecule has 2 aromatic rings. The number of benzene rings is 2. The van der Waals surface area contributed by atoms with Crippen LogP contribution in [0.4, 0.5) is 5.69 Å². The molecule has 0 saturated heterocycles. The van der Waals surface area contributed by atoms with Crippen LogP contribution in [0.5, 0.6) is 11.5 Å². The van der Waals surface area contributed by atoms with Crippen LogP contribution < -0.4 is 19.1 Å². The van der Waals surface area contributed by atoms with Crippen molar-refractivity contribution in [1.82, 2.24) is 5.32 Å². The first-order valence-electron chi connectivity index (χ1n) is 9.21. The van der Waals surface area contributed by atoms with Crippen molar-refractivity contribution in [3.05, 3.63) is 48.5 Å². The Kier molecular flexibility index (Phi) is 6.92. The molecule has 1 aliphatic heterocycles. The fourth-order valence-corrected chi connectivity index (χ4v) is 4.94. The zero-order valence-electron chi connectivity index (χ0n) is 16.3. The third kappa shape index (κ3) is 5.57. The molecule has 7 nitrogen and oxygen atoms in total. The molecule has 0 radical (unpaired) electrons. The largest absolute Gasteiger partial charge is 0.486 e. The molecule has 0 unspecified atom stereocenters. The highest BCUT2D eigenvalue weighted by molar-refractivity contribution is 7.99. The minimum Gasteiger partial charge on any atom is -0.486 e. The summed E-state index contributed by atoms with van der Waals surface area (Å²) in [6.07, 6.45) is 1.08. The van der Waals surface area contributed by atoms with Gasteiger partial charge < -0.3 is 14.8 Å². The van der Waals surface area contributed by atoms with Gasteiger partial charge in [0.15, 0.2) is 11.5 Å². The zero-order chi connectivity index (χ0) is 20.9. The van der Waals surface area contributed by atoms with E-state index in [0.717, 1.165) is 15.5 Å². The number of anilines is 1. The average Bonchev–Trinajstić information content (AvgIpc) is 2.70. The van der Waals surface area contributed by atoms with Gasteiger partial charge in [0.05, 0.1) is 11.9 Å². The molecule has 0 saturated carbocycles. The summed E-state index contributed by atoms with van der Waals surface area (Å²) >= 11 is 1.62. The topological polar surface area (TPSA) is 84.9 Å². The molecule has 9 heteroatoms. The van der Waals surface area contributed by atoms with Crippen molar-refractivity contribution in [2.24, 2.45) is 0 Å². The van der Waals surface area contributed by atoms with Crippen molar-refractivity contribution in [2.45, 2.75) is 17.9 Å². The monoisotopic (exact) mass is 436 g/mol. The standard InChI is InChI=1S/C20H24N2O5S2/c1-15(20(23)21-10-13-28-17-6-4-3-5-7-17)22(29(2,24)25)16-8-9-18-19(14-16)27-12-11-26-18/h3-9,14-15H,10-13H2,1-2H3,(H,21,23)/t15-/m1/s1.